The van der Waals surface area contributed by atoms with Crippen molar-refractivity contribution in [3.05, 3.63) is 0 Å². The first-order chi connectivity index (χ1) is 5.33. The third kappa shape index (κ3) is 1.20. The Labute approximate surface area is 69.8 Å². The van der Waals surface area contributed by atoms with E-state index in [1.165, 1.54) is 51.5 Å². The Balaban J connectivity index is 2.06. The summed E-state index contributed by atoms with van der Waals surface area (Å²) in [6, 6.07) is 0. The molecule has 0 radical (unpaired) electrons. The van der Waals surface area contributed by atoms with Crippen LogP contribution in [0.3, 0.4) is 0 Å². The quantitative estimate of drug-likeness (QED) is 0.516. The molecule has 1 spiro atoms. The zero-order valence-corrected chi connectivity index (χ0v) is 7.60. The highest BCUT2D eigenvalue weighted by Crippen LogP contribution is 2.40. The molecule has 1 aliphatic carbocycles. The molecule has 2 rings (SSSR count). The first-order valence-electron chi connectivity index (χ1n) is 5.05. The van der Waals surface area contributed by atoms with Crippen LogP contribution in [0.2, 0.25) is 0 Å². The minimum atomic E-state index is 0.665. The second-order valence-electron chi connectivity index (χ2n) is 4.31. The third-order valence-corrected chi connectivity index (χ3v) is 3.73. The lowest BCUT2D eigenvalue weighted by molar-refractivity contribution is 0.120. The number of nitrogens with zero attached hydrogens (tertiary/aromatic N) is 1. The van der Waals surface area contributed by atoms with Gasteiger partial charge in [0.2, 0.25) is 0 Å². The molecule has 1 heteroatoms. The lowest BCUT2D eigenvalue weighted by Gasteiger charge is -2.39. The van der Waals surface area contributed by atoms with E-state index in [0.717, 1.165) is 0 Å². The fourth-order valence-corrected chi connectivity index (χ4v) is 2.91. The molecular weight excluding hydrogens is 134 g/mol. The van der Waals surface area contributed by atoms with Crippen LogP contribution < -0.4 is 0 Å². The fraction of sp³-hybridized carbons (Fsp3) is 1.00. The molecule has 11 heavy (non-hydrogen) atoms. The average molecular weight is 153 g/mol. The highest BCUT2D eigenvalue weighted by molar-refractivity contribution is 4.95. The van der Waals surface area contributed by atoms with E-state index in [9.17, 15) is 0 Å². The van der Waals surface area contributed by atoms with Crippen LogP contribution in [-0.4, -0.2) is 24.0 Å². The Hall–Kier alpha value is -0.0400. The summed E-state index contributed by atoms with van der Waals surface area (Å²) in [4.78, 5) is 2.62. The van der Waals surface area contributed by atoms with Crippen LogP contribution in [0.1, 0.15) is 44.9 Å². The van der Waals surface area contributed by atoms with Crippen molar-refractivity contribution in [3.8, 4) is 0 Å². The highest BCUT2D eigenvalue weighted by Gasteiger charge is 2.38. The molecule has 1 saturated carbocycles. The fourth-order valence-electron chi connectivity index (χ4n) is 2.91. The van der Waals surface area contributed by atoms with Crippen molar-refractivity contribution in [2.75, 3.05) is 13.6 Å². The van der Waals surface area contributed by atoms with E-state index in [-0.39, 0.29) is 0 Å². The van der Waals surface area contributed by atoms with Gasteiger partial charge in [-0.15, -0.1) is 0 Å². The lowest BCUT2D eigenvalue weighted by Crippen LogP contribution is -2.42. The summed E-state index contributed by atoms with van der Waals surface area (Å²) >= 11 is 0. The monoisotopic (exact) mass is 153 g/mol. The summed E-state index contributed by atoms with van der Waals surface area (Å²) < 4.78 is 0. The van der Waals surface area contributed by atoms with Gasteiger partial charge in [-0.2, -0.15) is 0 Å². The minimum Gasteiger partial charge on any atom is -0.301 e. The smallest absolute Gasteiger partial charge is 0.0207 e. The average Bonchev–Trinajstić information content (AvgIpc) is 2.36. The predicted octanol–water partition coefficient (Wildman–Crippen LogP) is 2.41. The van der Waals surface area contributed by atoms with Crippen molar-refractivity contribution in [2.24, 2.45) is 0 Å². The van der Waals surface area contributed by atoms with Gasteiger partial charge in [0, 0.05) is 5.54 Å². The van der Waals surface area contributed by atoms with Crippen molar-refractivity contribution < 1.29 is 0 Å². The van der Waals surface area contributed by atoms with Crippen molar-refractivity contribution in [1.29, 1.82) is 0 Å². The van der Waals surface area contributed by atoms with E-state index in [4.69, 9.17) is 0 Å². The molecule has 1 nitrogen and oxygen atoms in total. The normalized spacial score (nSPS) is 31.4. The highest BCUT2D eigenvalue weighted by atomic mass is 15.2. The Kier molecular flexibility index (Phi) is 1.92. The Bertz CT molecular complexity index is 136. The molecule has 0 amide bonds. The second kappa shape index (κ2) is 2.78. The molecule has 1 heterocycles. The van der Waals surface area contributed by atoms with Crippen LogP contribution in [0.5, 0.6) is 0 Å². The molecule has 0 aromatic carbocycles. The van der Waals surface area contributed by atoms with E-state index in [2.05, 4.69) is 11.9 Å². The topological polar surface area (TPSA) is 3.24 Å². The summed E-state index contributed by atoms with van der Waals surface area (Å²) in [7, 11) is 2.32. The van der Waals surface area contributed by atoms with Gasteiger partial charge in [0.25, 0.3) is 0 Å². The molecule has 2 aliphatic rings. The van der Waals surface area contributed by atoms with Crippen molar-refractivity contribution in [2.45, 2.75) is 50.5 Å². The molecule has 0 N–H and O–H groups in total. The van der Waals surface area contributed by atoms with E-state index in [0.29, 0.717) is 5.54 Å². The molecule has 64 valence electrons. The summed E-state index contributed by atoms with van der Waals surface area (Å²) in [6.45, 7) is 1.35. The Morgan fingerprint density at radius 1 is 0.909 bits per heavy atom. The zero-order valence-electron chi connectivity index (χ0n) is 7.60. The second-order valence-corrected chi connectivity index (χ2v) is 4.31. The maximum Gasteiger partial charge on any atom is 0.0207 e. The SMILES string of the molecule is CN1CCCC12CCCCC2. The first kappa shape index (κ1) is 7.60. The Morgan fingerprint density at radius 3 is 2.09 bits per heavy atom. The van der Waals surface area contributed by atoms with E-state index in [1.54, 1.807) is 0 Å². The van der Waals surface area contributed by atoms with Gasteiger partial charge < -0.3 is 4.90 Å². The summed E-state index contributed by atoms with van der Waals surface area (Å²) in [5, 5.41) is 0. The van der Waals surface area contributed by atoms with Crippen LogP contribution >= 0.6 is 0 Å². The predicted molar refractivity (Wildman–Crippen MR) is 47.7 cm³/mol. The standard InChI is InChI=1S/C10H19N/c1-11-9-5-8-10(11)6-3-2-4-7-10/h2-9H2,1H3. The summed E-state index contributed by atoms with van der Waals surface area (Å²) in [5.74, 6) is 0. The third-order valence-electron chi connectivity index (χ3n) is 3.73. The van der Waals surface area contributed by atoms with Crippen LogP contribution in [0.25, 0.3) is 0 Å². The molecule has 1 aliphatic heterocycles. The number of hydrogen-bond acceptors (Lipinski definition) is 1. The Morgan fingerprint density at radius 2 is 1.55 bits per heavy atom. The van der Waals surface area contributed by atoms with E-state index < -0.39 is 0 Å². The molecular formula is C10H19N. The molecule has 0 aromatic rings. The van der Waals surface area contributed by atoms with Crippen molar-refractivity contribution >= 4 is 0 Å². The summed E-state index contributed by atoms with van der Waals surface area (Å²) in [5.41, 5.74) is 0.665. The van der Waals surface area contributed by atoms with Crippen molar-refractivity contribution in [3.63, 3.8) is 0 Å². The lowest BCUT2D eigenvalue weighted by atomic mass is 9.80. The van der Waals surface area contributed by atoms with Gasteiger partial charge in [-0.05, 0) is 39.3 Å². The van der Waals surface area contributed by atoms with E-state index >= 15 is 0 Å². The molecule has 0 aromatic heterocycles. The zero-order chi connectivity index (χ0) is 7.73. The van der Waals surface area contributed by atoms with Crippen LogP contribution in [0.4, 0.5) is 0 Å². The van der Waals surface area contributed by atoms with Crippen LogP contribution in [0, 0.1) is 0 Å². The van der Waals surface area contributed by atoms with Gasteiger partial charge in [-0.25, -0.2) is 0 Å². The summed E-state index contributed by atoms with van der Waals surface area (Å²) in [6.07, 6.45) is 10.3. The number of rotatable bonds is 0. The van der Waals surface area contributed by atoms with Gasteiger partial charge in [0.1, 0.15) is 0 Å². The largest absolute Gasteiger partial charge is 0.301 e. The van der Waals surface area contributed by atoms with Crippen molar-refractivity contribution in [1.82, 2.24) is 4.90 Å². The maximum atomic E-state index is 2.62. The molecule has 2 fully saturated rings. The van der Waals surface area contributed by atoms with Crippen LogP contribution in [0.15, 0.2) is 0 Å². The van der Waals surface area contributed by atoms with Gasteiger partial charge in [0.15, 0.2) is 0 Å². The van der Waals surface area contributed by atoms with E-state index in [1.807, 2.05) is 0 Å². The maximum absolute atomic E-state index is 2.62. The van der Waals surface area contributed by atoms with Crippen LogP contribution in [-0.2, 0) is 0 Å². The van der Waals surface area contributed by atoms with Gasteiger partial charge in [-0.1, -0.05) is 19.3 Å². The number of hydrogen-bond donors (Lipinski definition) is 0. The molecule has 0 atom stereocenters. The van der Waals surface area contributed by atoms with Gasteiger partial charge in [0.05, 0.1) is 0 Å². The first-order valence-corrected chi connectivity index (χ1v) is 5.05. The number of likely N-dealkylation sites (tertiary alicyclic amines) is 1. The van der Waals surface area contributed by atoms with Gasteiger partial charge >= 0.3 is 0 Å². The minimum absolute atomic E-state index is 0.665. The molecule has 1 saturated heterocycles. The van der Waals surface area contributed by atoms with Gasteiger partial charge in [-0.3, -0.25) is 0 Å². The molecule has 0 bridgehead atoms. The molecule has 0 unspecified atom stereocenters.